The Morgan fingerprint density at radius 2 is 2.07 bits per heavy atom. The van der Waals surface area contributed by atoms with Crippen LogP contribution >= 0.6 is 0 Å². The second kappa shape index (κ2) is 9.40. The van der Waals surface area contributed by atoms with Gasteiger partial charge in [0, 0.05) is 38.2 Å². The molecule has 8 nitrogen and oxygen atoms in total. The van der Waals surface area contributed by atoms with Crippen molar-refractivity contribution < 1.29 is 28.8 Å². The van der Waals surface area contributed by atoms with Crippen molar-refractivity contribution in [1.29, 1.82) is 0 Å². The largest absolute Gasteiger partial charge is 0.496 e. The number of carbonyl (C=O) groups excluding carboxylic acids is 1. The van der Waals surface area contributed by atoms with Gasteiger partial charge in [-0.25, -0.2) is 0 Å². The van der Waals surface area contributed by atoms with E-state index in [9.17, 15) is 9.90 Å². The Hall–Kier alpha value is -1.71. The molecule has 0 radical (unpaired) electrons. The number of methoxy groups -OCH3 is 1. The normalized spacial score (nSPS) is 31.7. The predicted octanol–water partition coefficient (Wildman–Crippen LogP) is 0.320. The summed E-state index contributed by atoms with van der Waals surface area (Å²) in [6.45, 7) is 3.60. The minimum absolute atomic E-state index is 0.0859. The molecule has 0 aromatic heterocycles. The fourth-order valence-electron chi connectivity index (χ4n) is 4.34. The van der Waals surface area contributed by atoms with Gasteiger partial charge in [0.25, 0.3) is 0 Å². The van der Waals surface area contributed by atoms with Crippen molar-refractivity contribution in [2.24, 2.45) is 0 Å². The number of aliphatic hydroxyl groups is 1. The van der Waals surface area contributed by atoms with Gasteiger partial charge in [-0.1, -0.05) is 18.2 Å². The van der Waals surface area contributed by atoms with Gasteiger partial charge in [-0.3, -0.25) is 4.79 Å². The second-order valence-electron chi connectivity index (χ2n) is 7.80. The lowest BCUT2D eigenvalue weighted by molar-refractivity contribution is -0.138. The summed E-state index contributed by atoms with van der Waals surface area (Å²) in [5.74, 6) is 0.920. The van der Waals surface area contributed by atoms with Gasteiger partial charge in [-0.15, -0.1) is 0 Å². The summed E-state index contributed by atoms with van der Waals surface area (Å²) in [5.41, 5.74) is 1.06. The minimum Gasteiger partial charge on any atom is -0.496 e. The summed E-state index contributed by atoms with van der Waals surface area (Å²) in [4.78, 5) is 14.2. The van der Waals surface area contributed by atoms with Gasteiger partial charge in [0.1, 0.15) is 18.0 Å². The smallest absolute Gasteiger partial charge is 0.225 e. The molecule has 160 valence electrons. The number of aliphatic hydroxyl groups excluding tert-OH is 1. The first-order chi connectivity index (χ1) is 14.2. The van der Waals surface area contributed by atoms with Crippen molar-refractivity contribution in [3.05, 3.63) is 29.8 Å². The highest BCUT2D eigenvalue weighted by Crippen LogP contribution is 2.35. The molecule has 0 spiro atoms. The first kappa shape index (κ1) is 20.6. The van der Waals surface area contributed by atoms with Crippen molar-refractivity contribution >= 4 is 5.91 Å². The second-order valence-corrected chi connectivity index (χ2v) is 7.80. The fraction of sp³-hybridized carbons (Fsp3) is 0.667. The number of nitrogens with one attached hydrogen (secondary N) is 1. The molecule has 3 saturated heterocycles. The van der Waals surface area contributed by atoms with Gasteiger partial charge in [0.2, 0.25) is 5.91 Å². The quantitative estimate of drug-likeness (QED) is 0.674. The van der Waals surface area contributed by atoms with Crippen LogP contribution in [0.5, 0.6) is 5.75 Å². The molecule has 1 aromatic carbocycles. The number of fused-ring (bicyclic) bond motifs is 1. The van der Waals surface area contributed by atoms with E-state index in [-0.39, 0.29) is 30.3 Å². The van der Waals surface area contributed by atoms with E-state index in [1.165, 1.54) is 0 Å². The third kappa shape index (κ3) is 4.73. The monoisotopic (exact) mass is 406 g/mol. The van der Waals surface area contributed by atoms with E-state index in [4.69, 9.17) is 18.9 Å². The molecule has 1 aromatic rings. The fourth-order valence-corrected chi connectivity index (χ4v) is 4.34. The van der Waals surface area contributed by atoms with Crippen LogP contribution in [0.4, 0.5) is 0 Å². The Labute approximate surface area is 171 Å². The van der Waals surface area contributed by atoms with Gasteiger partial charge < -0.3 is 34.3 Å². The highest BCUT2D eigenvalue weighted by Gasteiger charge is 2.50. The SMILES string of the molecule is COc1ccccc1CNC[C@H]1O[C@@H]2C[C@@H](CC(=O)N3CCOCC3)O[C@@H]2[C@@H]1O. The average Bonchev–Trinajstić information content (AvgIpc) is 3.27. The number of ether oxygens (including phenoxy) is 4. The number of hydrogen-bond acceptors (Lipinski definition) is 7. The molecular weight excluding hydrogens is 376 g/mol. The van der Waals surface area contributed by atoms with Crippen molar-refractivity contribution in [3.63, 3.8) is 0 Å². The summed E-state index contributed by atoms with van der Waals surface area (Å²) in [7, 11) is 1.65. The van der Waals surface area contributed by atoms with Crippen LogP contribution in [0.2, 0.25) is 0 Å². The molecule has 1 amide bonds. The Morgan fingerprint density at radius 3 is 2.83 bits per heavy atom. The lowest BCUT2D eigenvalue weighted by atomic mass is 10.1. The van der Waals surface area contributed by atoms with Crippen LogP contribution in [0.1, 0.15) is 18.4 Å². The molecule has 3 fully saturated rings. The molecule has 3 heterocycles. The Balaban J connectivity index is 1.22. The number of nitrogens with zero attached hydrogens (tertiary/aromatic N) is 1. The van der Waals surface area contributed by atoms with Crippen LogP contribution < -0.4 is 10.1 Å². The van der Waals surface area contributed by atoms with Crippen LogP contribution in [0.3, 0.4) is 0 Å². The molecule has 29 heavy (non-hydrogen) atoms. The maximum absolute atomic E-state index is 12.4. The summed E-state index contributed by atoms with van der Waals surface area (Å²) in [5, 5.41) is 14.0. The molecule has 5 atom stereocenters. The van der Waals surface area contributed by atoms with E-state index < -0.39 is 6.10 Å². The van der Waals surface area contributed by atoms with E-state index in [0.29, 0.717) is 52.2 Å². The number of benzene rings is 1. The zero-order chi connectivity index (χ0) is 20.2. The third-order valence-corrected chi connectivity index (χ3v) is 5.90. The zero-order valence-electron chi connectivity index (χ0n) is 16.8. The molecule has 3 aliphatic heterocycles. The lowest BCUT2D eigenvalue weighted by Crippen LogP contribution is -2.42. The lowest BCUT2D eigenvalue weighted by Gasteiger charge is -2.28. The first-order valence-corrected chi connectivity index (χ1v) is 10.3. The molecule has 4 rings (SSSR count). The number of para-hydroxylation sites is 1. The Bertz CT molecular complexity index is 696. The molecule has 2 N–H and O–H groups in total. The van der Waals surface area contributed by atoms with E-state index in [1.54, 1.807) is 7.11 Å². The van der Waals surface area contributed by atoms with Crippen molar-refractivity contribution in [2.75, 3.05) is 40.0 Å². The Kier molecular flexibility index (Phi) is 6.67. The number of hydrogen-bond donors (Lipinski definition) is 2. The molecule has 0 aliphatic carbocycles. The number of rotatable bonds is 7. The predicted molar refractivity (Wildman–Crippen MR) is 105 cm³/mol. The molecule has 3 aliphatic rings. The minimum atomic E-state index is -0.700. The van der Waals surface area contributed by atoms with E-state index in [2.05, 4.69) is 5.32 Å². The standard InChI is InChI=1S/C21H30N2O6/c1-26-16-5-3-2-4-14(16)12-22-13-18-20(25)21-17(29-18)10-15(28-21)11-19(24)23-6-8-27-9-7-23/h2-5,15,17-18,20-22,25H,6-13H2,1H3/t15-,17+,18+,20+,21-/m0/s1. The highest BCUT2D eigenvalue weighted by atomic mass is 16.6. The summed E-state index contributed by atoms with van der Waals surface area (Å²) in [6, 6.07) is 7.84. The van der Waals surface area contributed by atoms with Gasteiger partial charge in [0.15, 0.2) is 0 Å². The number of amides is 1. The summed E-state index contributed by atoms with van der Waals surface area (Å²) in [6.07, 6.45) is -0.775. The summed E-state index contributed by atoms with van der Waals surface area (Å²) < 4.78 is 22.7. The molecule has 0 unspecified atom stereocenters. The van der Waals surface area contributed by atoms with Crippen LogP contribution in [0.15, 0.2) is 24.3 Å². The van der Waals surface area contributed by atoms with Crippen LogP contribution in [-0.4, -0.2) is 86.4 Å². The first-order valence-electron chi connectivity index (χ1n) is 10.3. The van der Waals surface area contributed by atoms with Crippen LogP contribution in [0.25, 0.3) is 0 Å². The third-order valence-electron chi connectivity index (χ3n) is 5.90. The van der Waals surface area contributed by atoms with Gasteiger partial charge in [-0.2, -0.15) is 0 Å². The molecule has 0 bridgehead atoms. The van der Waals surface area contributed by atoms with Gasteiger partial charge in [0.05, 0.1) is 45.1 Å². The van der Waals surface area contributed by atoms with E-state index in [0.717, 1.165) is 11.3 Å². The number of carbonyl (C=O) groups is 1. The van der Waals surface area contributed by atoms with E-state index in [1.807, 2.05) is 29.2 Å². The highest BCUT2D eigenvalue weighted by molar-refractivity contribution is 5.76. The molecule has 8 heteroatoms. The summed E-state index contributed by atoms with van der Waals surface area (Å²) >= 11 is 0. The molecule has 0 saturated carbocycles. The number of morpholine rings is 1. The van der Waals surface area contributed by atoms with Crippen LogP contribution in [0, 0.1) is 0 Å². The van der Waals surface area contributed by atoms with Crippen molar-refractivity contribution in [1.82, 2.24) is 10.2 Å². The van der Waals surface area contributed by atoms with Gasteiger partial charge >= 0.3 is 0 Å². The van der Waals surface area contributed by atoms with Crippen molar-refractivity contribution in [2.45, 2.75) is 49.9 Å². The Morgan fingerprint density at radius 1 is 1.28 bits per heavy atom. The zero-order valence-corrected chi connectivity index (χ0v) is 16.8. The maximum atomic E-state index is 12.4. The van der Waals surface area contributed by atoms with E-state index >= 15 is 0 Å². The molecular formula is C21H30N2O6. The van der Waals surface area contributed by atoms with Gasteiger partial charge in [-0.05, 0) is 6.07 Å². The average molecular weight is 406 g/mol. The topological polar surface area (TPSA) is 89.5 Å². The van der Waals surface area contributed by atoms with Crippen molar-refractivity contribution in [3.8, 4) is 5.75 Å². The maximum Gasteiger partial charge on any atom is 0.225 e. The van der Waals surface area contributed by atoms with Crippen LogP contribution in [-0.2, 0) is 25.5 Å².